The highest BCUT2D eigenvalue weighted by molar-refractivity contribution is 7.89. The number of benzene rings is 1. The van der Waals surface area contributed by atoms with Gasteiger partial charge in [-0.1, -0.05) is 0 Å². The van der Waals surface area contributed by atoms with Gasteiger partial charge in [-0.2, -0.15) is 17.5 Å². The molecular formula is C21H20F4N6O4S. The van der Waals surface area contributed by atoms with Crippen molar-refractivity contribution in [2.45, 2.75) is 36.5 Å². The Labute approximate surface area is 203 Å². The molecule has 1 unspecified atom stereocenters. The molecule has 10 nitrogen and oxygen atoms in total. The second-order valence-electron chi connectivity index (χ2n) is 7.82. The molecule has 1 aliphatic heterocycles. The maximum absolute atomic E-state index is 13.2. The van der Waals surface area contributed by atoms with Crippen LogP contribution in [0.1, 0.15) is 24.2 Å². The lowest BCUT2D eigenvalue weighted by Gasteiger charge is -2.23. The van der Waals surface area contributed by atoms with Crippen molar-refractivity contribution < 1.29 is 35.5 Å². The fourth-order valence-corrected chi connectivity index (χ4v) is 5.39. The number of aromatic nitrogens is 4. The van der Waals surface area contributed by atoms with Gasteiger partial charge in [-0.3, -0.25) is 4.79 Å². The van der Waals surface area contributed by atoms with Crippen LogP contribution in [0.3, 0.4) is 0 Å². The molecule has 1 fully saturated rings. The molecule has 192 valence electrons. The average Bonchev–Trinajstić information content (AvgIpc) is 3.50. The minimum atomic E-state index is -4.69. The van der Waals surface area contributed by atoms with Crippen molar-refractivity contribution in [1.29, 1.82) is 0 Å². The number of ether oxygens (including phenoxy) is 1. The summed E-state index contributed by atoms with van der Waals surface area (Å²) < 4.78 is 84.7. The monoisotopic (exact) mass is 528 g/mol. The molecule has 2 aromatic heterocycles. The van der Waals surface area contributed by atoms with Crippen molar-refractivity contribution in [3.8, 4) is 11.6 Å². The number of amides is 1. The third kappa shape index (κ3) is 5.16. The summed E-state index contributed by atoms with van der Waals surface area (Å²) in [6.45, 7) is 0.0391. The Morgan fingerprint density at radius 2 is 1.86 bits per heavy atom. The summed E-state index contributed by atoms with van der Waals surface area (Å²) in [5.74, 6) is -2.33. The molecule has 0 aliphatic carbocycles. The maximum atomic E-state index is 13.2. The fraction of sp³-hybridized carbons (Fsp3) is 0.333. The third-order valence-corrected chi connectivity index (χ3v) is 7.40. The van der Waals surface area contributed by atoms with Gasteiger partial charge in [0.15, 0.2) is 0 Å². The predicted octanol–water partition coefficient (Wildman–Crippen LogP) is 2.30. The number of sulfonamides is 1. The van der Waals surface area contributed by atoms with E-state index in [0.717, 1.165) is 41.0 Å². The van der Waals surface area contributed by atoms with E-state index in [4.69, 9.17) is 4.74 Å². The Balaban J connectivity index is 1.47. The molecule has 4 rings (SSSR count). The van der Waals surface area contributed by atoms with Crippen LogP contribution in [-0.2, 0) is 27.5 Å². The molecule has 0 radical (unpaired) electrons. The van der Waals surface area contributed by atoms with Gasteiger partial charge in [0, 0.05) is 19.3 Å². The highest BCUT2D eigenvalue weighted by atomic mass is 32.2. The van der Waals surface area contributed by atoms with Crippen molar-refractivity contribution in [3.63, 3.8) is 0 Å². The van der Waals surface area contributed by atoms with Crippen LogP contribution in [0.5, 0.6) is 5.88 Å². The SMILES string of the molecule is COc1nn(-c2cnc(C(F)(F)F)nc2)cc1CNC(=O)C1CCCN1S(=O)(=O)c1ccc(F)cc1. The smallest absolute Gasteiger partial charge is 0.451 e. The molecule has 1 amide bonds. The molecule has 0 spiro atoms. The Hall–Kier alpha value is -3.59. The maximum Gasteiger partial charge on any atom is 0.451 e. The molecule has 0 saturated carbocycles. The number of carbonyl (C=O) groups excluding carboxylic acids is 1. The zero-order valence-corrected chi connectivity index (χ0v) is 19.6. The van der Waals surface area contributed by atoms with E-state index < -0.39 is 39.8 Å². The van der Waals surface area contributed by atoms with E-state index in [9.17, 15) is 30.8 Å². The van der Waals surface area contributed by atoms with Crippen LogP contribution in [0.15, 0.2) is 47.8 Å². The predicted molar refractivity (Wildman–Crippen MR) is 116 cm³/mol. The van der Waals surface area contributed by atoms with Crippen LogP contribution >= 0.6 is 0 Å². The molecule has 3 heterocycles. The number of nitrogens with zero attached hydrogens (tertiary/aromatic N) is 5. The van der Waals surface area contributed by atoms with Crippen LogP contribution in [-0.4, -0.2) is 58.1 Å². The van der Waals surface area contributed by atoms with Crippen molar-refractivity contribution >= 4 is 15.9 Å². The van der Waals surface area contributed by atoms with Crippen LogP contribution in [0.25, 0.3) is 5.69 Å². The van der Waals surface area contributed by atoms with E-state index in [1.807, 2.05) is 0 Å². The summed E-state index contributed by atoms with van der Waals surface area (Å²) in [5, 5.41) is 6.77. The van der Waals surface area contributed by atoms with Crippen molar-refractivity contribution in [2.75, 3.05) is 13.7 Å². The summed E-state index contributed by atoms with van der Waals surface area (Å²) in [5.41, 5.74) is 0.517. The van der Waals surface area contributed by atoms with E-state index in [1.54, 1.807) is 0 Å². The zero-order valence-electron chi connectivity index (χ0n) is 18.7. The van der Waals surface area contributed by atoms with Gasteiger partial charge in [0.05, 0.1) is 30.0 Å². The Kier molecular flexibility index (Phi) is 6.95. The molecule has 0 bridgehead atoms. The first-order valence-electron chi connectivity index (χ1n) is 10.6. The van der Waals surface area contributed by atoms with Gasteiger partial charge in [0.25, 0.3) is 0 Å². The number of hydrogen-bond acceptors (Lipinski definition) is 7. The summed E-state index contributed by atoms with van der Waals surface area (Å²) in [4.78, 5) is 19.4. The highest BCUT2D eigenvalue weighted by Gasteiger charge is 2.39. The highest BCUT2D eigenvalue weighted by Crippen LogP contribution is 2.28. The zero-order chi connectivity index (χ0) is 26.1. The molecular weight excluding hydrogens is 508 g/mol. The largest absolute Gasteiger partial charge is 0.480 e. The van der Waals surface area contributed by atoms with Gasteiger partial charge in [-0.25, -0.2) is 27.5 Å². The third-order valence-electron chi connectivity index (χ3n) is 5.48. The van der Waals surface area contributed by atoms with Crippen LogP contribution in [0.2, 0.25) is 0 Å². The first-order chi connectivity index (χ1) is 17.0. The lowest BCUT2D eigenvalue weighted by molar-refractivity contribution is -0.145. The first kappa shape index (κ1) is 25.5. The van der Waals surface area contributed by atoms with Crippen LogP contribution in [0, 0.1) is 5.82 Å². The molecule has 1 saturated heterocycles. The normalized spacial score (nSPS) is 16.8. The Morgan fingerprint density at radius 3 is 2.47 bits per heavy atom. The van der Waals surface area contributed by atoms with Crippen molar-refractivity contribution in [1.82, 2.24) is 29.4 Å². The molecule has 36 heavy (non-hydrogen) atoms. The van der Waals surface area contributed by atoms with Crippen molar-refractivity contribution in [2.24, 2.45) is 0 Å². The fourth-order valence-electron chi connectivity index (χ4n) is 3.74. The van der Waals surface area contributed by atoms with Crippen LogP contribution in [0.4, 0.5) is 17.6 Å². The first-order valence-corrected chi connectivity index (χ1v) is 12.0. The van der Waals surface area contributed by atoms with E-state index >= 15 is 0 Å². The van der Waals surface area contributed by atoms with Gasteiger partial charge >= 0.3 is 6.18 Å². The average molecular weight is 528 g/mol. The molecule has 3 aromatic rings. The standard InChI is InChI=1S/C21H20F4N6O4S/c1-35-19-13(12-30(29-19)15-10-27-20(28-11-15)21(23,24)25)9-26-18(32)17-3-2-8-31(17)36(33,34)16-6-4-14(22)5-7-16/h4-7,10-12,17H,2-3,8-9H2,1H3,(H,26,32). The molecule has 15 heteroatoms. The molecule has 1 aliphatic rings. The Morgan fingerprint density at radius 1 is 1.19 bits per heavy atom. The van der Waals surface area contributed by atoms with Gasteiger partial charge < -0.3 is 10.1 Å². The van der Waals surface area contributed by atoms with Gasteiger partial charge in [0.1, 0.15) is 17.5 Å². The van der Waals surface area contributed by atoms with Crippen LogP contribution < -0.4 is 10.1 Å². The minimum Gasteiger partial charge on any atom is -0.480 e. The number of methoxy groups -OCH3 is 1. The van der Waals surface area contributed by atoms with E-state index in [0.29, 0.717) is 18.4 Å². The van der Waals surface area contributed by atoms with Gasteiger partial charge in [0.2, 0.25) is 27.6 Å². The summed E-state index contributed by atoms with van der Waals surface area (Å²) in [7, 11) is -2.69. The van der Waals surface area contributed by atoms with Crippen molar-refractivity contribution in [3.05, 3.63) is 60.1 Å². The number of carbonyl (C=O) groups is 1. The lowest BCUT2D eigenvalue weighted by Crippen LogP contribution is -2.45. The molecule has 1 aromatic carbocycles. The van der Waals surface area contributed by atoms with Gasteiger partial charge in [-0.05, 0) is 37.1 Å². The molecule has 1 N–H and O–H groups in total. The number of nitrogens with one attached hydrogen (secondary N) is 1. The Bertz CT molecular complexity index is 1340. The second-order valence-corrected chi connectivity index (χ2v) is 9.71. The number of alkyl halides is 3. The molecule has 1 atom stereocenters. The number of rotatable bonds is 7. The summed E-state index contributed by atoms with van der Waals surface area (Å²) in [6.07, 6.45) is -0.608. The van der Waals surface area contributed by atoms with E-state index in [1.165, 1.54) is 18.0 Å². The second kappa shape index (κ2) is 9.81. The number of hydrogen-bond donors (Lipinski definition) is 1. The topological polar surface area (TPSA) is 119 Å². The lowest BCUT2D eigenvalue weighted by atomic mass is 10.2. The van der Waals surface area contributed by atoms with E-state index in [-0.39, 0.29) is 29.6 Å². The quantitative estimate of drug-likeness (QED) is 0.468. The summed E-state index contributed by atoms with van der Waals surface area (Å²) in [6, 6.07) is 3.38. The number of halogens is 4. The minimum absolute atomic E-state index is 0.0928. The summed E-state index contributed by atoms with van der Waals surface area (Å²) >= 11 is 0. The van der Waals surface area contributed by atoms with Gasteiger partial charge in [-0.15, -0.1) is 5.10 Å². The van der Waals surface area contributed by atoms with E-state index in [2.05, 4.69) is 20.4 Å².